The van der Waals surface area contributed by atoms with Crippen LogP contribution in [0.2, 0.25) is 5.02 Å². The maximum Gasteiger partial charge on any atom is 0.250 e. The summed E-state index contributed by atoms with van der Waals surface area (Å²) in [4.78, 5) is 22.7. The zero-order chi connectivity index (χ0) is 13.7. The number of hydrogen-bond acceptors (Lipinski definition) is 3. The summed E-state index contributed by atoms with van der Waals surface area (Å²) in [6, 6.07) is 4.38. The van der Waals surface area contributed by atoms with Crippen LogP contribution in [0.1, 0.15) is 30.1 Å². The molecule has 98 valence electrons. The molecule has 0 heterocycles. The predicted molar refractivity (Wildman–Crippen MR) is 71.5 cm³/mol. The second-order valence-electron chi connectivity index (χ2n) is 3.98. The second-order valence-corrected chi connectivity index (χ2v) is 4.39. The van der Waals surface area contributed by atoms with E-state index in [-0.39, 0.29) is 29.0 Å². The van der Waals surface area contributed by atoms with E-state index in [4.69, 9.17) is 23.1 Å². The van der Waals surface area contributed by atoms with Gasteiger partial charge in [0.1, 0.15) is 0 Å². The molecule has 1 rings (SSSR count). The molecule has 5 nitrogen and oxygen atoms in total. The largest absolute Gasteiger partial charge is 0.366 e. The highest BCUT2D eigenvalue weighted by atomic mass is 35.5. The number of carbonyl (C=O) groups is 2. The minimum absolute atomic E-state index is 0.173. The summed E-state index contributed by atoms with van der Waals surface area (Å²) in [5.41, 5.74) is 11.5. The average Bonchev–Trinajstić information content (AvgIpc) is 2.31. The summed E-state index contributed by atoms with van der Waals surface area (Å²) in [7, 11) is 0. The van der Waals surface area contributed by atoms with Crippen molar-refractivity contribution in [3.8, 4) is 0 Å². The number of nitrogens with one attached hydrogen (secondary N) is 1. The molecule has 0 fully saturated rings. The Kier molecular flexibility index (Phi) is 5.12. The van der Waals surface area contributed by atoms with Crippen molar-refractivity contribution >= 4 is 29.1 Å². The van der Waals surface area contributed by atoms with E-state index in [1.165, 1.54) is 12.1 Å². The summed E-state index contributed by atoms with van der Waals surface area (Å²) in [6.07, 6.45) is 0.950. The topological polar surface area (TPSA) is 98.2 Å². The van der Waals surface area contributed by atoms with Gasteiger partial charge in [-0.25, -0.2) is 0 Å². The Morgan fingerprint density at radius 2 is 2.11 bits per heavy atom. The lowest BCUT2D eigenvalue weighted by Crippen LogP contribution is -2.26. The molecular formula is C12H16ClN3O2. The Hall–Kier alpha value is -1.59. The van der Waals surface area contributed by atoms with Crippen molar-refractivity contribution in [3.05, 3.63) is 28.8 Å². The number of amides is 2. The highest BCUT2D eigenvalue weighted by Gasteiger charge is 2.11. The SMILES string of the molecule is CCC(N)CC(=O)Nc1ccc(Cl)c(C(N)=O)c1. The number of rotatable bonds is 5. The molecule has 0 radical (unpaired) electrons. The lowest BCUT2D eigenvalue weighted by molar-refractivity contribution is -0.116. The Balaban J connectivity index is 2.76. The van der Waals surface area contributed by atoms with E-state index in [1.807, 2.05) is 6.92 Å². The van der Waals surface area contributed by atoms with Crippen LogP contribution in [-0.2, 0) is 4.79 Å². The third-order valence-corrected chi connectivity index (χ3v) is 2.82. The van der Waals surface area contributed by atoms with Gasteiger partial charge in [-0.3, -0.25) is 9.59 Å². The zero-order valence-corrected chi connectivity index (χ0v) is 10.8. The van der Waals surface area contributed by atoms with Crippen LogP contribution in [0.4, 0.5) is 5.69 Å². The molecule has 0 bridgehead atoms. The van der Waals surface area contributed by atoms with Crippen LogP contribution in [0.3, 0.4) is 0 Å². The molecule has 6 heteroatoms. The molecule has 2 amide bonds. The van der Waals surface area contributed by atoms with Gasteiger partial charge in [0.2, 0.25) is 11.8 Å². The first-order chi connectivity index (χ1) is 8.43. The molecule has 1 atom stereocenters. The third-order valence-electron chi connectivity index (χ3n) is 2.49. The molecule has 0 aromatic heterocycles. The van der Waals surface area contributed by atoms with Gasteiger partial charge >= 0.3 is 0 Å². The minimum Gasteiger partial charge on any atom is -0.366 e. The lowest BCUT2D eigenvalue weighted by atomic mass is 10.1. The number of primary amides is 1. The van der Waals surface area contributed by atoms with Gasteiger partial charge in [0.15, 0.2) is 0 Å². The van der Waals surface area contributed by atoms with E-state index in [1.54, 1.807) is 6.07 Å². The normalized spacial score (nSPS) is 11.9. The smallest absolute Gasteiger partial charge is 0.250 e. The third kappa shape index (κ3) is 4.01. The lowest BCUT2D eigenvalue weighted by Gasteiger charge is -2.10. The summed E-state index contributed by atoms with van der Waals surface area (Å²) >= 11 is 5.80. The molecule has 18 heavy (non-hydrogen) atoms. The number of carbonyl (C=O) groups excluding carboxylic acids is 2. The van der Waals surface area contributed by atoms with Gasteiger partial charge in [-0.05, 0) is 24.6 Å². The molecule has 0 saturated carbocycles. The van der Waals surface area contributed by atoms with E-state index >= 15 is 0 Å². The number of hydrogen-bond donors (Lipinski definition) is 3. The van der Waals surface area contributed by atoms with Crippen molar-refractivity contribution in [2.75, 3.05) is 5.32 Å². The summed E-state index contributed by atoms with van der Waals surface area (Å²) in [6.45, 7) is 1.91. The van der Waals surface area contributed by atoms with Crippen LogP contribution in [0.5, 0.6) is 0 Å². The van der Waals surface area contributed by atoms with E-state index in [9.17, 15) is 9.59 Å². The molecule has 1 aromatic rings. The molecule has 0 aliphatic rings. The van der Waals surface area contributed by atoms with Crippen LogP contribution in [0, 0.1) is 0 Å². The van der Waals surface area contributed by atoms with Gasteiger partial charge in [0, 0.05) is 18.2 Å². The van der Waals surface area contributed by atoms with Crippen LogP contribution in [0.15, 0.2) is 18.2 Å². The van der Waals surface area contributed by atoms with Crippen LogP contribution in [0.25, 0.3) is 0 Å². The van der Waals surface area contributed by atoms with Crippen molar-refractivity contribution in [1.82, 2.24) is 0 Å². The Labute approximate surface area is 110 Å². The zero-order valence-electron chi connectivity index (χ0n) is 10.1. The molecule has 1 unspecified atom stereocenters. The number of halogens is 1. The van der Waals surface area contributed by atoms with E-state index < -0.39 is 5.91 Å². The fraction of sp³-hybridized carbons (Fsp3) is 0.333. The molecule has 0 aliphatic carbocycles. The van der Waals surface area contributed by atoms with Gasteiger partial charge in [-0.15, -0.1) is 0 Å². The molecule has 5 N–H and O–H groups in total. The van der Waals surface area contributed by atoms with Gasteiger partial charge < -0.3 is 16.8 Å². The van der Waals surface area contributed by atoms with Gasteiger partial charge in [-0.2, -0.15) is 0 Å². The number of benzene rings is 1. The maximum absolute atomic E-state index is 11.6. The Morgan fingerprint density at radius 1 is 1.44 bits per heavy atom. The predicted octanol–water partition coefficient (Wildman–Crippen LogP) is 1.50. The van der Waals surface area contributed by atoms with Gasteiger partial charge in [0.05, 0.1) is 10.6 Å². The van der Waals surface area contributed by atoms with Crippen molar-refractivity contribution in [1.29, 1.82) is 0 Å². The minimum atomic E-state index is -0.638. The second kappa shape index (κ2) is 6.37. The highest BCUT2D eigenvalue weighted by Crippen LogP contribution is 2.20. The fourth-order valence-electron chi connectivity index (χ4n) is 1.39. The first-order valence-corrected chi connectivity index (χ1v) is 5.96. The van der Waals surface area contributed by atoms with E-state index in [0.717, 1.165) is 6.42 Å². The van der Waals surface area contributed by atoms with Crippen LogP contribution in [-0.4, -0.2) is 17.9 Å². The standard InChI is InChI=1S/C12H16ClN3O2/c1-2-7(14)5-11(17)16-8-3-4-10(13)9(6-8)12(15)18/h3-4,6-7H,2,5,14H2,1H3,(H2,15,18)(H,16,17). The van der Waals surface area contributed by atoms with Crippen molar-refractivity contribution < 1.29 is 9.59 Å². The quantitative estimate of drug-likeness (QED) is 0.755. The number of nitrogens with two attached hydrogens (primary N) is 2. The monoisotopic (exact) mass is 269 g/mol. The van der Waals surface area contributed by atoms with Crippen LogP contribution >= 0.6 is 11.6 Å². The molecule has 0 aliphatic heterocycles. The average molecular weight is 270 g/mol. The molecule has 0 saturated heterocycles. The van der Waals surface area contributed by atoms with Crippen LogP contribution < -0.4 is 16.8 Å². The summed E-state index contributed by atoms with van der Waals surface area (Å²) in [5, 5.41) is 2.90. The fourth-order valence-corrected chi connectivity index (χ4v) is 1.60. The molecule has 1 aromatic carbocycles. The van der Waals surface area contributed by atoms with E-state index in [2.05, 4.69) is 5.32 Å². The number of anilines is 1. The Morgan fingerprint density at radius 3 is 2.67 bits per heavy atom. The van der Waals surface area contributed by atoms with Gasteiger partial charge in [0.25, 0.3) is 0 Å². The Bertz CT molecular complexity index is 463. The van der Waals surface area contributed by atoms with Crippen molar-refractivity contribution in [2.24, 2.45) is 11.5 Å². The first kappa shape index (κ1) is 14.5. The van der Waals surface area contributed by atoms with Crippen molar-refractivity contribution in [3.63, 3.8) is 0 Å². The van der Waals surface area contributed by atoms with Gasteiger partial charge in [-0.1, -0.05) is 18.5 Å². The maximum atomic E-state index is 11.6. The van der Waals surface area contributed by atoms with Crippen molar-refractivity contribution in [2.45, 2.75) is 25.8 Å². The first-order valence-electron chi connectivity index (χ1n) is 5.58. The summed E-state index contributed by atoms with van der Waals surface area (Å²) in [5.74, 6) is -0.844. The summed E-state index contributed by atoms with van der Waals surface area (Å²) < 4.78 is 0. The van der Waals surface area contributed by atoms with E-state index in [0.29, 0.717) is 5.69 Å². The molecular weight excluding hydrogens is 254 g/mol. The highest BCUT2D eigenvalue weighted by molar-refractivity contribution is 6.33. The molecule has 0 spiro atoms.